The summed E-state index contributed by atoms with van der Waals surface area (Å²) in [6, 6.07) is 7.64. The molecule has 0 aliphatic rings. The van der Waals surface area contributed by atoms with Crippen molar-refractivity contribution in [2.24, 2.45) is 5.41 Å². The molecular formula is C18H25ClO2. The lowest BCUT2D eigenvalue weighted by atomic mass is 9.64. The highest BCUT2D eigenvalue weighted by Gasteiger charge is 2.45. The van der Waals surface area contributed by atoms with Gasteiger partial charge in [0, 0.05) is 10.4 Å². The van der Waals surface area contributed by atoms with Gasteiger partial charge in [0.25, 0.3) is 0 Å². The number of rotatable bonds is 7. The van der Waals surface area contributed by atoms with Crippen LogP contribution in [0.1, 0.15) is 46.1 Å². The molecule has 0 fully saturated rings. The first-order valence-electron chi connectivity index (χ1n) is 7.27. The van der Waals surface area contributed by atoms with Crippen LogP contribution in [-0.2, 0) is 14.9 Å². The molecule has 1 aromatic carbocycles. The quantitative estimate of drug-likeness (QED) is 0.395. The Kier molecular flexibility index (Phi) is 6.03. The van der Waals surface area contributed by atoms with Crippen LogP contribution in [0.3, 0.4) is 0 Å². The van der Waals surface area contributed by atoms with Crippen molar-refractivity contribution < 1.29 is 9.53 Å². The van der Waals surface area contributed by atoms with Crippen molar-refractivity contribution in [3.05, 3.63) is 47.5 Å². The van der Waals surface area contributed by atoms with E-state index in [0.717, 1.165) is 18.4 Å². The standard InChI is InChI=1S/C18H25ClO2/c1-6-7-8-13-21-16(20)18(4,5)17(2,3)14-9-11-15(19)12-10-14/h6,9-12H,1,7-8,13H2,2-5H3. The van der Waals surface area contributed by atoms with Crippen LogP contribution in [0.25, 0.3) is 0 Å². The van der Waals surface area contributed by atoms with E-state index in [1.54, 1.807) is 0 Å². The van der Waals surface area contributed by atoms with Crippen LogP contribution >= 0.6 is 11.6 Å². The lowest BCUT2D eigenvalue weighted by molar-refractivity contribution is -0.157. The van der Waals surface area contributed by atoms with Gasteiger partial charge in [0.2, 0.25) is 0 Å². The van der Waals surface area contributed by atoms with Gasteiger partial charge < -0.3 is 4.74 Å². The van der Waals surface area contributed by atoms with Crippen LogP contribution in [0.2, 0.25) is 5.02 Å². The third-order valence-corrected chi connectivity index (χ3v) is 4.68. The monoisotopic (exact) mass is 308 g/mol. The Morgan fingerprint density at radius 2 is 1.81 bits per heavy atom. The lowest BCUT2D eigenvalue weighted by Gasteiger charge is -2.40. The van der Waals surface area contributed by atoms with Gasteiger partial charge in [-0.3, -0.25) is 4.79 Å². The molecule has 0 radical (unpaired) electrons. The number of ether oxygens (including phenoxy) is 1. The summed E-state index contributed by atoms with van der Waals surface area (Å²) in [6.07, 6.45) is 3.50. The fourth-order valence-corrected chi connectivity index (χ4v) is 2.18. The number of hydrogen-bond acceptors (Lipinski definition) is 2. The molecule has 0 saturated carbocycles. The molecule has 0 bridgehead atoms. The molecule has 0 aliphatic carbocycles. The molecule has 0 saturated heterocycles. The second kappa shape index (κ2) is 7.13. The van der Waals surface area contributed by atoms with E-state index in [1.807, 2.05) is 44.2 Å². The average molecular weight is 309 g/mol. The van der Waals surface area contributed by atoms with Gasteiger partial charge in [-0.25, -0.2) is 0 Å². The predicted octanol–water partition coefficient (Wildman–Crippen LogP) is 5.15. The first kappa shape index (κ1) is 17.8. The summed E-state index contributed by atoms with van der Waals surface area (Å²) in [6.45, 7) is 12.1. The summed E-state index contributed by atoms with van der Waals surface area (Å²) in [7, 11) is 0. The second-order valence-corrected chi connectivity index (χ2v) is 6.76. The minimum absolute atomic E-state index is 0.175. The van der Waals surface area contributed by atoms with E-state index in [9.17, 15) is 4.79 Å². The summed E-state index contributed by atoms with van der Waals surface area (Å²) >= 11 is 5.94. The van der Waals surface area contributed by atoms with Gasteiger partial charge in [-0.1, -0.05) is 43.7 Å². The highest BCUT2D eigenvalue weighted by atomic mass is 35.5. The Balaban J connectivity index is 2.85. The SMILES string of the molecule is C=CCCCOC(=O)C(C)(C)C(C)(C)c1ccc(Cl)cc1. The number of hydrogen-bond donors (Lipinski definition) is 0. The zero-order valence-corrected chi connectivity index (χ0v) is 14.2. The van der Waals surface area contributed by atoms with Gasteiger partial charge in [0.05, 0.1) is 12.0 Å². The average Bonchev–Trinajstić information content (AvgIpc) is 2.43. The number of allylic oxidation sites excluding steroid dienone is 1. The van der Waals surface area contributed by atoms with Crippen molar-refractivity contribution >= 4 is 17.6 Å². The fraction of sp³-hybridized carbons (Fsp3) is 0.500. The largest absolute Gasteiger partial charge is 0.465 e. The molecule has 1 aromatic rings. The summed E-state index contributed by atoms with van der Waals surface area (Å²) in [5.74, 6) is -0.175. The summed E-state index contributed by atoms with van der Waals surface area (Å²) in [5, 5.41) is 0.694. The molecule has 1 rings (SSSR count). The second-order valence-electron chi connectivity index (χ2n) is 6.32. The molecule has 21 heavy (non-hydrogen) atoms. The van der Waals surface area contributed by atoms with Crippen molar-refractivity contribution in [3.8, 4) is 0 Å². The van der Waals surface area contributed by atoms with E-state index in [1.165, 1.54) is 0 Å². The Bertz CT molecular complexity index is 486. The normalized spacial score (nSPS) is 12.0. The van der Waals surface area contributed by atoms with Gasteiger partial charge in [0.1, 0.15) is 0 Å². The Labute approximate surface area is 133 Å². The van der Waals surface area contributed by atoms with Crippen molar-refractivity contribution in [2.45, 2.75) is 46.0 Å². The van der Waals surface area contributed by atoms with Crippen LogP contribution in [0, 0.1) is 5.41 Å². The van der Waals surface area contributed by atoms with Crippen molar-refractivity contribution in [2.75, 3.05) is 6.61 Å². The topological polar surface area (TPSA) is 26.3 Å². The van der Waals surface area contributed by atoms with E-state index < -0.39 is 5.41 Å². The molecule has 0 aromatic heterocycles. The van der Waals surface area contributed by atoms with Crippen LogP contribution < -0.4 is 0 Å². The third-order valence-electron chi connectivity index (χ3n) is 4.42. The molecule has 0 unspecified atom stereocenters. The molecule has 0 heterocycles. The zero-order valence-electron chi connectivity index (χ0n) is 13.4. The van der Waals surface area contributed by atoms with Gasteiger partial charge in [-0.15, -0.1) is 6.58 Å². The van der Waals surface area contributed by atoms with Gasteiger partial charge >= 0.3 is 5.97 Å². The smallest absolute Gasteiger partial charge is 0.312 e. The van der Waals surface area contributed by atoms with Crippen LogP contribution in [0.4, 0.5) is 0 Å². The van der Waals surface area contributed by atoms with E-state index in [-0.39, 0.29) is 11.4 Å². The van der Waals surface area contributed by atoms with Gasteiger partial charge in [0.15, 0.2) is 0 Å². The molecule has 116 valence electrons. The number of carbonyl (C=O) groups excluding carboxylic acids is 1. The van der Waals surface area contributed by atoms with Gasteiger partial charge in [-0.05, 0) is 44.4 Å². The molecule has 0 amide bonds. The maximum absolute atomic E-state index is 12.4. The first-order valence-corrected chi connectivity index (χ1v) is 7.65. The Morgan fingerprint density at radius 3 is 2.33 bits per heavy atom. The van der Waals surface area contributed by atoms with E-state index in [2.05, 4.69) is 20.4 Å². The maximum Gasteiger partial charge on any atom is 0.312 e. The van der Waals surface area contributed by atoms with Crippen LogP contribution in [-0.4, -0.2) is 12.6 Å². The molecule has 0 atom stereocenters. The van der Waals surface area contributed by atoms with Crippen LogP contribution in [0.5, 0.6) is 0 Å². The highest BCUT2D eigenvalue weighted by Crippen LogP contribution is 2.42. The molecular weight excluding hydrogens is 284 g/mol. The third kappa shape index (κ3) is 4.10. The Morgan fingerprint density at radius 1 is 1.24 bits per heavy atom. The predicted molar refractivity (Wildman–Crippen MR) is 88.6 cm³/mol. The summed E-state index contributed by atoms with van der Waals surface area (Å²) in [5.41, 5.74) is 0.0854. The van der Waals surface area contributed by atoms with Crippen molar-refractivity contribution in [1.82, 2.24) is 0 Å². The zero-order chi connectivity index (χ0) is 16.1. The number of benzene rings is 1. The molecule has 0 N–H and O–H groups in total. The van der Waals surface area contributed by atoms with Crippen LogP contribution in [0.15, 0.2) is 36.9 Å². The fourth-order valence-electron chi connectivity index (χ4n) is 2.06. The summed E-state index contributed by atoms with van der Waals surface area (Å²) < 4.78 is 5.43. The van der Waals surface area contributed by atoms with Gasteiger partial charge in [-0.2, -0.15) is 0 Å². The number of esters is 1. The number of unbranched alkanes of at least 4 members (excludes halogenated alkanes) is 1. The van der Waals surface area contributed by atoms with E-state index in [4.69, 9.17) is 16.3 Å². The van der Waals surface area contributed by atoms with Crippen molar-refractivity contribution in [3.63, 3.8) is 0 Å². The van der Waals surface area contributed by atoms with E-state index >= 15 is 0 Å². The van der Waals surface area contributed by atoms with Crippen molar-refractivity contribution in [1.29, 1.82) is 0 Å². The number of halogens is 1. The minimum atomic E-state index is -0.630. The summed E-state index contributed by atoms with van der Waals surface area (Å²) in [4.78, 5) is 12.4. The lowest BCUT2D eigenvalue weighted by Crippen LogP contribution is -2.44. The molecule has 3 heteroatoms. The molecule has 0 aliphatic heterocycles. The minimum Gasteiger partial charge on any atom is -0.465 e. The highest BCUT2D eigenvalue weighted by molar-refractivity contribution is 6.30. The number of carbonyl (C=O) groups is 1. The van der Waals surface area contributed by atoms with E-state index in [0.29, 0.717) is 11.6 Å². The molecule has 2 nitrogen and oxygen atoms in total. The first-order chi connectivity index (χ1) is 9.73. The Hall–Kier alpha value is -1.28. The maximum atomic E-state index is 12.4. The molecule has 0 spiro atoms.